The molecular weight excluding hydrogens is 852 g/mol. The number of aliphatic hydroxyl groups is 9. The fourth-order valence-electron chi connectivity index (χ4n) is 14.8. The van der Waals surface area contributed by atoms with Gasteiger partial charge in [0.25, 0.3) is 0 Å². The van der Waals surface area contributed by atoms with E-state index in [1.165, 1.54) is 5.57 Å². The Kier molecular flexibility index (Phi) is 13.1. The van der Waals surface area contributed by atoms with E-state index in [2.05, 4.69) is 54.5 Å². The Labute approximate surface area is 380 Å². The molecule has 0 amide bonds. The van der Waals surface area contributed by atoms with Gasteiger partial charge in [0.2, 0.25) is 6.29 Å². The van der Waals surface area contributed by atoms with Gasteiger partial charge in [-0.25, -0.2) is 4.79 Å². The maximum absolute atomic E-state index is 14.6. The van der Waals surface area contributed by atoms with Crippen LogP contribution in [0.25, 0.3) is 0 Å². The van der Waals surface area contributed by atoms with E-state index in [1.807, 2.05) is 0 Å². The van der Waals surface area contributed by atoms with E-state index in [0.29, 0.717) is 19.3 Å². The third-order valence-corrected chi connectivity index (χ3v) is 18.9. The predicted octanol–water partition coefficient (Wildman–Crippen LogP) is 0.872. The number of esters is 1. The predicted molar refractivity (Wildman–Crippen MR) is 225 cm³/mol. The topological polar surface area (TPSA) is 292 Å². The lowest BCUT2D eigenvalue weighted by Gasteiger charge is -2.71. The highest BCUT2D eigenvalue weighted by molar-refractivity contribution is 5.79. The number of carboxylic acid groups (broad SMARTS) is 1. The maximum atomic E-state index is 14.6. The fraction of sp³-hybridized carbons (Fsp3) is 0.915. The second kappa shape index (κ2) is 17.2. The molecule has 65 heavy (non-hydrogen) atoms. The van der Waals surface area contributed by atoms with E-state index < -0.39 is 128 Å². The van der Waals surface area contributed by atoms with Crippen LogP contribution in [0.5, 0.6) is 0 Å². The van der Waals surface area contributed by atoms with Crippen molar-refractivity contribution in [2.45, 2.75) is 205 Å². The number of carbonyl (C=O) groups excluding carboxylic acids is 1. The molecule has 4 saturated carbocycles. The normalized spacial score (nSPS) is 52.5. The van der Waals surface area contributed by atoms with E-state index in [1.54, 1.807) is 0 Å². The number of carbonyl (C=O) groups is 2. The van der Waals surface area contributed by atoms with Gasteiger partial charge >= 0.3 is 11.9 Å². The van der Waals surface area contributed by atoms with Gasteiger partial charge in [0.1, 0.15) is 61.0 Å². The lowest BCUT2D eigenvalue weighted by molar-refractivity contribution is -0.342. The molecule has 0 aromatic rings. The summed E-state index contributed by atoms with van der Waals surface area (Å²) in [6.45, 7) is 14.6. The molecular formula is C47H74O18. The van der Waals surface area contributed by atoms with Gasteiger partial charge in [-0.3, -0.25) is 4.79 Å². The summed E-state index contributed by atoms with van der Waals surface area (Å²) < 4.78 is 35.0. The largest absolute Gasteiger partial charge is 0.479 e. The van der Waals surface area contributed by atoms with E-state index >= 15 is 0 Å². The fourth-order valence-corrected chi connectivity index (χ4v) is 14.8. The molecule has 8 aliphatic rings. The molecule has 3 saturated heterocycles. The molecule has 0 bridgehead atoms. The second-order valence-corrected chi connectivity index (χ2v) is 23.0. The van der Waals surface area contributed by atoms with Crippen molar-refractivity contribution in [3.8, 4) is 0 Å². The lowest BCUT2D eigenvalue weighted by Crippen LogP contribution is -2.66. The van der Waals surface area contributed by atoms with Crippen molar-refractivity contribution in [1.82, 2.24) is 0 Å². The van der Waals surface area contributed by atoms with Gasteiger partial charge < -0.3 is 79.5 Å². The summed E-state index contributed by atoms with van der Waals surface area (Å²) in [7, 11) is 0. The highest BCUT2D eigenvalue weighted by Gasteiger charge is 2.70. The molecule has 0 aromatic carbocycles. The van der Waals surface area contributed by atoms with E-state index in [0.717, 1.165) is 44.9 Å². The van der Waals surface area contributed by atoms with E-state index in [9.17, 15) is 60.7 Å². The van der Waals surface area contributed by atoms with Crippen LogP contribution in [0.2, 0.25) is 0 Å². The quantitative estimate of drug-likeness (QED) is 0.0872. The Bertz CT molecular complexity index is 1820. The summed E-state index contributed by atoms with van der Waals surface area (Å²) in [6.07, 6.45) is -13.2. The molecule has 18 heteroatoms. The summed E-state index contributed by atoms with van der Waals surface area (Å²) in [5, 5.41) is 104. The number of aliphatic hydroxyl groups excluding tert-OH is 9. The standard InChI is InChI=1S/C47H74O18/c1-42(2)14-16-47(41(59)65-39-33(55)30(52)28(50)23(19-48)61-39)17-15-45(6)21(22(47)18-42)8-9-26-44(5)12-11-27(43(3,4)25(44)10-13-46(26,45)7)62-40-34(56)31(53)35(36(64-40)37(57)58)63-38-32(54)29(51)24(20-49)60-38/h8,22-36,38-40,48-56H,9-20H2,1-7H3,(H,57,58)/t22-,23-,24+,25?,26?,27-,28-,29+,30+,31-,32-,33-,34-,35+,36+,38+,39+,40-,44+,45-,46-,47+/m1/s1. The van der Waals surface area contributed by atoms with Crippen molar-refractivity contribution >= 4 is 11.9 Å². The van der Waals surface area contributed by atoms with Crippen molar-refractivity contribution in [2.24, 2.45) is 50.2 Å². The van der Waals surface area contributed by atoms with Crippen LogP contribution in [-0.2, 0) is 38.0 Å². The summed E-state index contributed by atoms with van der Waals surface area (Å²) in [4.78, 5) is 27.2. The number of carboxylic acids is 1. The van der Waals surface area contributed by atoms with Gasteiger partial charge in [-0.1, -0.05) is 60.1 Å². The summed E-state index contributed by atoms with van der Waals surface area (Å²) >= 11 is 0. The summed E-state index contributed by atoms with van der Waals surface area (Å²) in [6, 6.07) is 0. The number of hydrogen-bond acceptors (Lipinski definition) is 17. The van der Waals surface area contributed by atoms with Crippen molar-refractivity contribution in [3.63, 3.8) is 0 Å². The molecule has 3 aliphatic heterocycles. The SMILES string of the molecule is CC1(C)CC[C@]2(C(=O)O[C@@H]3O[C@H](CO)[C@@H](O)[C@H](O)[C@H]3O)CC[C@]3(C)C(=CCC4[C@@]5(C)CC[C@@H](O[C@@H]6O[C@H](C(=O)O)[C@@H](O[C@@H]7O[C@@H](CO)[C@H](O)[C@H]7O)[C@H](O)[C@H]6O)C(C)(C)C5CC[C@]43C)[C@H]2C1. The molecule has 5 aliphatic carbocycles. The van der Waals surface area contributed by atoms with Crippen LogP contribution in [0.15, 0.2) is 11.6 Å². The average Bonchev–Trinajstić information content (AvgIpc) is 3.52. The monoisotopic (exact) mass is 926 g/mol. The zero-order valence-corrected chi connectivity index (χ0v) is 38.7. The smallest absolute Gasteiger partial charge is 0.335 e. The summed E-state index contributed by atoms with van der Waals surface area (Å²) in [5.74, 6) is -1.77. The van der Waals surface area contributed by atoms with Crippen LogP contribution < -0.4 is 0 Å². The Morgan fingerprint density at radius 3 is 1.89 bits per heavy atom. The van der Waals surface area contributed by atoms with E-state index in [4.69, 9.17) is 28.4 Å². The van der Waals surface area contributed by atoms with Crippen molar-refractivity contribution < 1.29 is 89.1 Å². The van der Waals surface area contributed by atoms with Crippen LogP contribution in [0.3, 0.4) is 0 Å². The van der Waals surface area contributed by atoms with Crippen LogP contribution >= 0.6 is 0 Å². The lowest BCUT2D eigenvalue weighted by atomic mass is 9.33. The first-order valence-electron chi connectivity index (χ1n) is 23.7. The van der Waals surface area contributed by atoms with Crippen molar-refractivity contribution in [3.05, 3.63) is 11.6 Å². The molecule has 18 nitrogen and oxygen atoms in total. The van der Waals surface area contributed by atoms with Gasteiger partial charge in [0, 0.05) is 0 Å². The molecule has 0 spiro atoms. The van der Waals surface area contributed by atoms with Crippen molar-refractivity contribution in [1.29, 1.82) is 0 Å². The molecule has 8 rings (SSSR count). The Morgan fingerprint density at radius 2 is 1.25 bits per heavy atom. The Morgan fingerprint density at radius 1 is 0.662 bits per heavy atom. The average molecular weight is 927 g/mol. The van der Waals surface area contributed by atoms with Crippen LogP contribution in [0, 0.1) is 50.2 Å². The first kappa shape index (κ1) is 49.5. The van der Waals surface area contributed by atoms with Gasteiger partial charge in [0.15, 0.2) is 18.7 Å². The minimum absolute atomic E-state index is 0.0645. The maximum Gasteiger partial charge on any atom is 0.335 e. The second-order valence-electron chi connectivity index (χ2n) is 23.0. The van der Waals surface area contributed by atoms with Gasteiger partial charge in [0.05, 0.1) is 24.7 Å². The molecule has 22 atom stereocenters. The van der Waals surface area contributed by atoms with Gasteiger partial charge in [-0.15, -0.1) is 0 Å². The van der Waals surface area contributed by atoms with Gasteiger partial charge in [-0.2, -0.15) is 0 Å². The zero-order chi connectivity index (χ0) is 47.6. The minimum Gasteiger partial charge on any atom is -0.479 e. The first-order valence-corrected chi connectivity index (χ1v) is 23.7. The number of fused-ring (bicyclic) bond motifs is 7. The van der Waals surface area contributed by atoms with Crippen LogP contribution in [0.4, 0.5) is 0 Å². The number of allylic oxidation sites excluding steroid dienone is 2. The number of hydrogen-bond donors (Lipinski definition) is 10. The minimum atomic E-state index is -1.84. The molecule has 0 radical (unpaired) electrons. The zero-order valence-electron chi connectivity index (χ0n) is 38.7. The third-order valence-electron chi connectivity index (χ3n) is 18.9. The van der Waals surface area contributed by atoms with E-state index in [-0.39, 0.29) is 39.4 Å². The number of ether oxygens (including phenoxy) is 6. The molecule has 7 fully saturated rings. The first-order chi connectivity index (χ1) is 30.3. The Hall–Kier alpha value is -1.88. The van der Waals surface area contributed by atoms with Crippen LogP contribution in [0.1, 0.15) is 113 Å². The number of aliphatic carboxylic acids is 1. The molecule has 370 valence electrons. The third kappa shape index (κ3) is 7.67. The number of rotatable bonds is 9. The molecule has 10 N–H and O–H groups in total. The molecule has 2 unspecified atom stereocenters. The highest BCUT2D eigenvalue weighted by atomic mass is 16.8. The highest BCUT2D eigenvalue weighted by Crippen LogP contribution is 2.76. The van der Waals surface area contributed by atoms with Gasteiger partial charge in [-0.05, 0) is 109 Å². The van der Waals surface area contributed by atoms with Crippen molar-refractivity contribution in [2.75, 3.05) is 13.2 Å². The molecule has 0 aromatic heterocycles. The summed E-state index contributed by atoms with van der Waals surface area (Å²) in [5.41, 5.74) is -0.800. The van der Waals surface area contributed by atoms with Crippen LogP contribution in [-0.4, -0.2) is 168 Å². The Balaban J connectivity index is 1.01. The molecule has 3 heterocycles.